The topological polar surface area (TPSA) is 96.2 Å². The van der Waals surface area contributed by atoms with Crippen LogP contribution in [0, 0.1) is 0 Å². The molecule has 9 nitrogen and oxygen atoms in total. The van der Waals surface area contributed by atoms with E-state index in [0.717, 1.165) is 65.4 Å². The van der Waals surface area contributed by atoms with Crippen LogP contribution in [0.2, 0.25) is 5.02 Å². The molecule has 0 spiro atoms. The van der Waals surface area contributed by atoms with E-state index >= 15 is 0 Å². The Morgan fingerprint density at radius 1 is 1.15 bits per heavy atom. The number of aromatic nitrogens is 4. The number of benzene rings is 1. The molecule has 1 aliphatic carbocycles. The first kappa shape index (κ1) is 24.4. The lowest BCUT2D eigenvalue weighted by atomic mass is 9.95. The van der Waals surface area contributed by atoms with Gasteiger partial charge in [-0.3, -0.25) is 19.5 Å². The third-order valence-electron chi connectivity index (χ3n) is 7.92. The molecule has 1 N–H and O–H groups in total. The summed E-state index contributed by atoms with van der Waals surface area (Å²) in [5.74, 6) is -0.140. The lowest BCUT2D eigenvalue weighted by molar-refractivity contribution is -0.114. The number of halogens is 1. The fourth-order valence-electron chi connectivity index (χ4n) is 6.08. The molecule has 0 radical (unpaired) electrons. The van der Waals surface area contributed by atoms with Crippen molar-refractivity contribution in [3.05, 3.63) is 64.6 Å². The van der Waals surface area contributed by atoms with Crippen LogP contribution in [0.5, 0.6) is 0 Å². The minimum absolute atomic E-state index is 0.0206. The fourth-order valence-corrected chi connectivity index (χ4v) is 7.45. The molecule has 2 fully saturated rings. The molecule has 2 amide bonds. The maximum absolute atomic E-state index is 13.4. The van der Waals surface area contributed by atoms with Crippen molar-refractivity contribution < 1.29 is 9.59 Å². The van der Waals surface area contributed by atoms with Crippen molar-refractivity contribution in [1.82, 2.24) is 29.5 Å². The third kappa shape index (κ3) is 4.05. The number of nitrogens with one attached hydrogen (secondary N) is 1. The van der Waals surface area contributed by atoms with E-state index in [1.54, 1.807) is 12.3 Å². The molecule has 11 heteroatoms. The predicted octanol–water partition coefficient (Wildman–Crippen LogP) is 4.30. The van der Waals surface area contributed by atoms with Gasteiger partial charge in [0.25, 0.3) is 5.91 Å². The zero-order chi connectivity index (χ0) is 26.8. The summed E-state index contributed by atoms with van der Waals surface area (Å²) in [4.78, 5) is 39.4. The maximum Gasteiger partial charge on any atom is 0.254 e. The van der Waals surface area contributed by atoms with Gasteiger partial charge < -0.3 is 10.2 Å². The smallest absolute Gasteiger partial charge is 0.254 e. The summed E-state index contributed by atoms with van der Waals surface area (Å²) in [5, 5.41) is 8.87. The minimum atomic E-state index is -0.160. The highest BCUT2D eigenvalue weighted by atomic mass is 35.5. The Morgan fingerprint density at radius 3 is 2.72 bits per heavy atom. The number of fused-ring (bicyclic) bond motifs is 5. The number of thiazole rings is 1. The van der Waals surface area contributed by atoms with Gasteiger partial charge in [-0.1, -0.05) is 22.9 Å². The highest BCUT2D eigenvalue weighted by Gasteiger charge is 2.43. The molecule has 1 aromatic carbocycles. The molecule has 2 atom stereocenters. The Kier molecular flexibility index (Phi) is 5.80. The van der Waals surface area contributed by atoms with E-state index in [2.05, 4.69) is 27.2 Å². The van der Waals surface area contributed by atoms with Gasteiger partial charge in [-0.15, -0.1) is 0 Å². The van der Waals surface area contributed by atoms with Gasteiger partial charge in [0, 0.05) is 61.2 Å². The van der Waals surface area contributed by atoms with Crippen LogP contribution in [0.4, 0.5) is 5.13 Å². The first-order valence-corrected chi connectivity index (χ1v) is 14.2. The van der Waals surface area contributed by atoms with Crippen molar-refractivity contribution in [1.29, 1.82) is 0 Å². The number of pyridine rings is 1. The van der Waals surface area contributed by atoms with Crippen LogP contribution in [-0.2, 0) is 17.6 Å². The van der Waals surface area contributed by atoms with Crippen LogP contribution in [0.15, 0.2) is 42.7 Å². The average molecular weight is 560 g/mol. The Balaban J connectivity index is 1.31. The molecule has 3 aliphatic rings. The number of likely N-dealkylation sites (N-methyl/N-ethyl adjacent to an activating group) is 1. The second kappa shape index (κ2) is 9.25. The molecule has 39 heavy (non-hydrogen) atoms. The number of rotatable bonds is 4. The van der Waals surface area contributed by atoms with Crippen LogP contribution in [0.1, 0.15) is 35.0 Å². The Morgan fingerprint density at radius 2 is 2.03 bits per heavy atom. The third-order valence-corrected chi connectivity index (χ3v) is 9.25. The Labute approximate surface area is 234 Å². The molecule has 0 unspecified atom stereocenters. The number of anilines is 1. The number of nitrogens with zero attached hydrogens (tertiary/aromatic N) is 6. The molecule has 198 valence electrons. The summed E-state index contributed by atoms with van der Waals surface area (Å²) in [7, 11) is 2.12. The summed E-state index contributed by atoms with van der Waals surface area (Å²) in [5.41, 5.74) is 5.94. The van der Waals surface area contributed by atoms with Crippen LogP contribution in [0.3, 0.4) is 0 Å². The number of carbonyl (C=O) groups excluding carboxylic acids is 2. The summed E-state index contributed by atoms with van der Waals surface area (Å²) in [6.07, 6.45) is 6.07. The molecule has 5 heterocycles. The van der Waals surface area contributed by atoms with Gasteiger partial charge in [0.15, 0.2) is 5.13 Å². The average Bonchev–Trinajstić information content (AvgIpc) is 3.69. The molecule has 2 saturated heterocycles. The number of aryl methyl sites for hydroxylation is 1. The van der Waals surface area contributed by atoms with E-state index in [4.69, 9.17) is 16.7 Å². The van der Waals surface area contributed by atoms with Crippen LogP contribution < -0.4 is 5.32 Å². The van der Waals surface area contributed by atoms with Crippen molar-refractivity contribution in [2.75, 3.05) is 25.5 Å². The number of carbonyl (C=O) groups is 2. The zero-order valence-electron chi connectivity index (χ0n) is 21.5. The van der Waals surface area contributed by atoms with Crippen LogP contribution in [0.25, 0.3) is 27.5 Å². The Hall–Kier alpha value is -3.60. The van der Waals surface area contributed by atoms with Crippen molar-refractivity contribution >= 4 is 39.9 Å². The van der Waals surface area contributed by atoms with E-state index in [-0.39, 0.29) is 17.9 Å². The molecule has 3 aromatic heterocycles. The maximum atomic E-state index is 13.4. The fraction of sp³-hybridized carbons (Fsp3) is 0.321. The Bertz CT molecular complexity index is 1630. The van der Waals surface area contributed by atoms with E-state index < -0.39 is 0 Å². The number of hydrogen-bond acceptors (Lipinski definition) is 7. The molecular formula is C28H26ClN7O2S. The molecule has 2 bridgehead atoms. The highest BCUT2D eigenvalue weighted by molar-refractivity contribution is 7.19. The molecule has 4 aromatic rings. The summed E-state index contributed by atoms with van der Waals surface area (Å²) >= 11 is 8.33. The largest absolute Gasteiger partial charge is 0.333 e. The van der Waals surface area contributed by atoms with Crippen molar-refractivity contribution in [3.8, 4) is 27.5 Å². The first-order chi connectivity index (χ1) is 18.9. The second-order valence-electron chi connectivity index (χ2n) is 10.4. The van der Waals surface area contributed by atoms with Gasteiger partial charge in [0.2, 0.25) is 5.91 Å². The highest BCUT2D eigenvalue weighted by Crippen LogP contribution is 2.45. The van der Waals surface area contributed by atoms with Gasteiger partial charge in [0.1, 0.15) is 0 Å². The van der Waals surface area contributed by atoms with Crippen molar-refractivity contribution in [2.45, 2.75) is 38.3 Å². The lowest BCUT2D eigenvalue weighted by Gasteiger charge is -2.32. The van der Waals surface area contributed by atoms with Gasteiger partial charge in [-0.05, 0) is 56.6 Å². The summed E-state index contributed by atoms with van der Waals surface area (Å²) < 4.78 is 1.86. The molecule has 2 aliphatic heterocycles. The molecular weight excluding hydrogens is 534 g/mol. The first-order valence-electron chi connectivity index (χ1n) is 13.0. The van der Waals surface area contributed by atoms with E-state index in [9.17, 15) is 9.59 Å². The van der Waals surface area contributed by atoms with E-state index in [0.29, 0.717) is 27.4 Å². The van der Waals surface area contributed by atoms with E-state index in [1.165, 1.54) is 18.3 Å². The monoisotopic (exact) mass is 559 g/mol. The standard InChI is InChI=1S/C28H26ClN7O2S/c1-15(37)31-28-32-22-7-6-20-24(17-4-3-9-30-12-17)33-36(25(20)26(22)39-28)23-8-5-16(10-21(23)29)27(38)35-14-18-11-19(35)13-34(18)2/h3-5,8-10,12,18-19H,6-7,11,13-14H2,1-2H3,(H,31,32,37)/t18-,19-/m0/s1. The molecule has 0 saturated carbocycles. The van der Waals surface area contributed by atoms with Gasteiger partial charge in [0.05, 0.1) is 32.7 Å². The van der Waals surface area contributed by atoms with Gasteiger partial charge >= 0.3 is 0 Å². The van der Waals surface area contributed by atoms with Gasteiger partial charge in [-0.25, -0.2) is 9.67 Å². The quantitative estimate of drug-likeness (QED) is 0.400. The zero-order valence-corrected chi connectivity index (χ0v) is 23.1. The number of hydrogen-bond donors (Lipinski definition) is 1. The van der Waals surface area contributed by atoms with Crippen LogP contribution >= 0.6 is 22.9 Å². The van der Waals surface area contributed by atoms with E-state index in [1.807, 2.05) is 40.0 Å². The summed E-state index contributed by atoms with van der Waals surface area (Å²) in [6, 6.07) is 10.1. The number of likely N-dealkylation sites (tertiary alicyclic amines) is 2. The van der Waals surface area contributed by atoms with Crippen molar-refractivity contribution in [2.24, 2.45) is 0 Å². The number of piperazine rings is 1. The van der Waals surface area contributed by atoms with Crippen LogP contribution in [-0.4, -0.2) is 73.6 Å². The normalized spacial score (nSPS) is 19.7. The molecule has 7 rings (SSSR count). The minimum Gasteiger partial charge on any atom is -0.333 e. The predicted molar refractivity (Wildman–Crippen MR) is 150 cm³/mol. The van der Waals surface area contributed by atoms with Crippen molar-refractivity contribution in [3.63, 3.8) is 0 Å². The SMILES string of the molecule is CC(=O)Nc1nc2c(s1)-c1c(c(-c3cccnc3)nn1-c1ccc(C(=O)N3C[C@@H]4C[C@H]3CN4C)cc1Cl)CC2. The lowest BCUT2D eigenvalue weighted by Crippen LogP contribution is -2.47. The second-order valence-corrected chi connectivity index (χ2v) is 11.8. The summed E-state index contributed by atoms with van der Waals surface area (Å²) in [6.45, 7) is 3.15. The van der Waals surface area contributed by atoms with Gasteiger partial charge in [-0.2, -0.15) is 5.10 Å². The number of amides is 2.